The van der Waals surface area contributed by atoms with Gasteiger partial charge in [0, 0.05) is 56.3 Å². The Morgan fingerprint density at radius 3 is 2.34 bits per heavy atom. The molecule has 2 aromatic carbocycles. The summed E-state index contributed by atoms with van der Waals surface area (Å²) in [6, 6.07) is 27.7. The van der Waals surface area contributed by atoms with Crippen LogP contribution < -0.4 is 5.19 Å². The van der Waals surface area contributed by atoms with Crippen LogP contribution in [-0.2, 0) is 32.9 Å². The number of pyridine rings is 3. The van der Waals surface area contributed by atoms with E-state index in [-0.39, 0.29) is 31.9 Å². The maximum Gasteiger partial charge on any atom is 0.216 e. The molecule has 6 heteroatoms. The van der Waals surface area contributed by atoms with Gasteiger partial charge in [-0.2, -0.15) is 0 Å². The quantitative estimate of drug-likeness (QED) is 0.113. The van der Waals surface area contributed by atoms with E-state index in [4.69, 9.17) is 16.3 Å². The zero-order valence-electron chi connectivity index (χ0n) is 36.8. The van der Waals surface area contributed by atoms with Gasteiger partial charge in [-0.15, -0.1) is 54.1 Å². The standard InChI is InChI=1S/C29H31N2O.C18H24NSi.Ir/c1-3-8-20(9-4-1)18-21-16-17-30-27(19-21)25-13-7-12-23-24-14-15-26(22-10-5-2-6-11-22)31-29(24)32-28(23)25;1-14(2)11-16-12-17(15-9-7-6-8-10-15)19-13-18(16)20(3,4)5;/h7,12,14-17,19-20,22H,1-6,8-11,18H2;6-9,12-14H,11H2,1-5H3;/q2*-1;/i18D2,22D;11D2;. The van der Waals surface area contributed by atoms with Crippen LogP contribution in [0.25, 0.3) is 44.6 Å². The van der Waals surface area contributed by atoms with E-state index in [2.05, 4.69) is 41.7 Å². The summed E-state index contributed by atoms with van der Waals surface area (Å²) in [5.74, 6) is -0.685. The monoisotopic (exact) mass is 903 g/mol. The maximum absolute atomic E-state index is 8.96. The van der Waals surface area contributed by atoms with Crippen molar-refractivity contribution >= 4 is 35.3 Å². The molecule has 0 saturated heterocycles. The third kappa shape index (κ3) is 9.63. The van der Waals surface area contributed by atoms with Crippen molar-refractivity contribution in [2.75, 3.05) is 0 Å². The molecular weight excluding hydrogens is 843 g/mol. The van der Waals surface area contributed by atoms with Gasteiger partial charge in [-0.05, 0) is 72.2 Å². The molecule has 2 aliphatic rings. The van der Waals surface area contributed by atoms with Gasteiger partial charge in [0.1, 0.15) is 0 Å². The number of nitrogens with zero attached hydrogens (tertiary/aromatic N) is 3. The van der Waals surface area contributed by atoms with Crippen LogP contribution in [0, 0.1) is 24.0 Å². The van der Waals surface area contributed by atoms with Crippen LogP contribution in [0.4, 0.5) is 0 Å². The third-order valence-corrected chi connectivity index (χ3v) is 12.3. The summed E-state index contributed by atoms with van der Waals surface area (Å²) in [6.45, 7) is 10.6. The summed E-state index contributed by atoms with van der Waals surface area (Å²) in [5, 5.41) is 2.97. The van der Waals surface area contributed by atoms with Crippen LogP contribution in [0.3, 0.4) is 0 Å². The summed E-state index contributed by atoms with van der Waals surface area (Å²) >= 11 is 0. The number of rotatable bonds is 8. The first-order chi connectivity index (χ1) is 27.1. The van der Waals surface area contributed by atoms with Crippen LogP contribution in [0.1, 0.15) is 108 Å². The Hall–Kier alpha value is -3.44. The van der Waals surface area contributed by atoms with Crippen molar-refractivity contribution in [1.29, 1.82) is 0 Å². The molecule has 0 N–H and O–H groups in total. The normalized spacial score (nSPS) is 18.2. The number of fused-ring (bicyclic) bond motifs is 3. The Labute approximate surface area is 339 Å². The van der Waals surface area contributed by atoms with Gasteiger partial charge >= 0.3 is 0 Å². The molecule has 0 spiro atoms. The molecule has 279 valence electrons. The topological polar surface area (TPSA) is 51.8 Å². The van der Waals surface area contributed by atoms with Gasteiger partial charge in [0.05, 0.1) is 13.7 Å². The molecule has 8 rings (SSSR count). The molecule has 53 heavy (non-hydrogen) atoms. The third-order valence-electron chi connectivity index (χ3n) is 10.3. The van der Waals surface area contributed by atoms with Gasteiger partial charge in [0.15, 0.2) is 0 Å². The second-order valence-electron chi connectivity index (χ2n) is 15.8. The molecule has 0 amide bonds. The number of furan rings is 1. The largest absolute Gasteiger partial charge is 0.486 e. The minimum atomic E-state index is -1.67. The predicted octanol–water partition coefficient (Wildman–Crippen LogP) is 12.3. The summed E-state index contributed by atoms with van der Waals surface area (Å²) < 4.78 is 50.1. The number of aromatic nitrogens is 3. The molecule has 0 bridgehead atoms. The molecule has 0 unspecified atom stereocenters. The van der Waals surface area contributed by atoms with E-state index >= 15 is 0 Å². The molecule has 4 nitrogen and oxygen atoms in total. The van der Waals surface area contributed by atoms with E-state index in [0.29, 0.717) is 22.6 Å². The van der Waals surface area contributed by atoms with Gasteiger partial charge in [-0.3, -0.25) is 0 Å². The van der Waals surface area contributed by atoms with Crippen molar-refractivity contribution in [3.63, 3.8) is 0 Å². The molecule has 2 fully saturated rings. The van der Waals surface area contributed by atoms with Crippen LogP contribution in [0.2, 0.25) is 19.6 Å². The molecule has 4 heterocycles. The Morgan fingerprint density at radius 1 is 0.849 bits per heavy atom. The fourth-order valence-electron chi connectivity index (χ4n) is 7.57. The summed E-state index contributed by atoms with van der Waals surface area (Å²) in [4.78, 5) is 14.0. The van der Waals surface area contributed by atoms with Gasteiger partial charge in [0.25, 0.3) is 0 Å². The minimum absolute atomic E-state index is 0. The summed E-state index contributed by atoms with van der Waals surface area (Å²) in [5.41, 5.74) is 6.55. The minimum Gasteiger partial charge on any atom is -0.486 e. The Kier molecular flexibility index (Phi) is 11.1. The zero-order chi connectivity index (χ0) is 40.6. The first-order valence-corrected chi connectivity index (χ1v) is 22.8. The van der Waals surface area contributed by atoms with Gasteiger partial charge in [-0.25, -0.2) is 4.98 Å². The van der Waals surface area contributed by atoms with Crippen LogP contribution >= 0.6 is 0 Å². The van der Waals surface area contributed by atoms with Crippen LogP contribution in [0.15, 0.2) is 83.5 Å². The fraction of sp³-hybridized carbons (Fsp3) is 0.426. The van der Waals surface area contributed by atoms with Crippen molar-refractivity contribution in [3.05, 3.63) is 108 Å². The van der Waals surface area contributed by atoms with E-state index < -0.39 is 26.7 Å². The van der Waals surface area contributed by atoms with E-state index in [0.717, 1.165) is 95.4 Å². The van der Waals surface area contributed by atoms with Gasteiger partial charge in [-0.1, -0.05) is 119 Å². The van der Waals surface area contributed by atoms with Gasteiger partial charge < -0.3 is 14.4 Å². The van der Waals surface area contributed by atoms with E-state index in [1.54, 1.807) is 6.20 Å². The number of hydrogen-bond donors (Lipinski definition) is 0. The van der Waals surface area contributed by atoms with E-state index in [9.17, 15) is 0 Å². The van der Waals surface area contributed by atoms with Crippen molar-refractivity contribution < 1.29 is 31.4 Å². The van der Waals surface area contributed by atoms with E-state index in [1.165, 1.54) is 12.8 Å². The van der Waals surface area contributed by atoms with Crippen LogP contribution in [-0.4, -0.2) is 23.0 Å². The molecule has 6 aromatic rings. The van der Waals surface area contributed by atoms with E-state index in [1.807, 2.05) is 86.8 Å². The second-order valence-corrected chi connectivity index (χ2v) is 20.8. The Morgan fingerprint density at radius 2 is 1.62 bits per heavy atom. The molecule has 0 atom stereocenters. The number of hydrogen-bond acceptors (Lipinski definition) is 4. The van der Waals surface area contributed by atoms with Crippen molar-refractivity contribution in [2.24, 2.45) is 11.8 Å². The van der Waals surface area contributed by atoms with Crippen LogP contribution in [0.5, 0.6) is 0 Å². The van der Waals surface area contributed by atoms with Crippen molar-refractivity contribution in [1.82, 2.24) is 15.0 Å². The predicted molar refractivity (Wildman–Crippen MR) is 220 cm³/mol. The number of benzene rings is 2. The molecule has 4 aromatic heterocycles. The molecule has 2 saturated carbocycles. The molecular formula is C47H55IrN3OSi-2. The van der Waals surface area contributed by atoms with Crippen molar-refractivity contribution in [2.45, 2.75) is 116 Å². The summed E-state index contributed by atoms with van der Waals surface area (Å²) in [6.07, 6.45) is 11.1. The Balaban J connectivity index is 0.000000214. The second kappa shape index (κ2) is 17.8. The first kappa shape index (κ1) is 32.9. The maximum atomic E-state index is 8.96. The molecule has 0 aliphatic heterocycles. The molecule has 2 aliphatic carbocycles. The SMILES string of the molecule is [2H]C([2H])(c1cc(-c2[c-]cccc2)ncc1[Si](C)(C)C)C(C)C.[2H]C1(c2ccc3c(n2)oc2c(-c4cc(C([2H])([2H])C5CCCCC5)ccn4)[c-]ccc23)CCCCC1.[Ir]. The fourth-order valence-corrected chi connectivity index (χ4v) is 8.97. The zero-order valence-corrected chi connectivity index (χ0v) is 35.2. The van der Waals surface area contributed by atoms with Crippen molar-refractivity contribution in [3.8, 4) is 22.5 Å². The first-order valence-electron chi connectivity index (χ1n) is 21.8. The smallest absolute Gasteiger partial charge is 0.216 e. The average Bonchev–Trinajstić information content (AvgIpc) is 3.60. The Bertz CT molecular complexity index is 2330. The average molecular weight is 903 g/mol. The molecule has 1 radical (unpaired) electrons. The van der Waals surface area contributed by atoms with Gasteiger partial charge in [0.2, 0.25) is 5.71 Å². The summed E-state index contributed by atoms with van der Waals surface area (Å²) in [7, 11) is -1.67.